The van der Waals surface area contributed by atoms with Gasteiger partial charge in [-0.2, -0.15) is 0 Å². The van der Waals surface area contributed by atoms with Crippen LogP contribution in [-0.2, 0) is 0 Å². The molecule has 1 aromatic rings. The molecule has 100 valence electrons. The minimum atomic E-state index is 0.0995. The van der Waals surface area contributed by atoms with E-state index in [1.165, 1.54) is 0 Å². The molecule has 0 heterocycles. The first kappa shape index (κ1) is 14.6. The summed E-state index contributed by atoms with van der Waals surface area (Å²) in [5.41, 5.74) is 8.61. The quantitative estimate of drug-likeness (QED) is 0.633. The zero-order chi connectivity index (χ0) is 13.9. The minimum Gasteiger partial charge on any atom is -0.493 e. The number of amidine groups is 1. The molecule has 3 heteroatoms. The van der Waals surface area contributed by atoms with Gasteiger partial charge in [0.2, 0.25) is 0 Å². The number of nitrogens with one attached hydrogen (secondary N) is 1. The molecule has 0 radical (unpaired) electrons. The molecule has 0 amide bonds. The Kier molecular flexibility index (Phi) is 4.38. The van der Waals surface area contributed by atoms with Crippen molar-refractivity contribution >= 4 is 5.84 Å². The van der Waals surface area contributed by atoms with E-state index in [9.17, 15) is 0 Å². The molecule has 3 N–H and O–H groups in total. The zero-order valence-corrected chi connectivity index (χ0v) is 12.1. The lowest BCUT2D eigenvalue weighted by Gasteiger charge is -2.20. The summed E-state index contributed by atoms with van der Waals surface area (Å²) in [6.45, 7) is 11.3. The fourth-order valence-corrected chi connectivity index (χ4v) is 1.79. The van der Waals surface area contributed by atoms with Gasteiger partial charge >= 0.3 is 0 Å². The number of hydrogen-bond acceptors (Lipinski definition) is 2. The Labute approximate surface area is 110 Å². The normalized spacial score (nSPS) is 11.4. The third-order valence-corrected chi connectivity index (χ3v) is 2.87. The Balaban J connectivity index is 2.81. The predicted molar refractivity (Wildman–Crippen MR) is 76.5 cm³/mol. The van der Waals surface area contributed by atoms with E-state index in [1.54, 1.807) is 0 Å². The average Bonchev–Trinajstić information content (AvgIpc) is 2.20. The van der Waals surface area contributed by atoms with E-state index < -0.39 is 0 Å². The van der Waals surface area contributed by atoms with Crippen molar-refractivity contribution in [2.45, 2.75) is 41.0 Å². The minimum absolute atomic E-state index is 0.0995. The molecule has 3 nitrogen and oxygen atoms in total. The second-order valence-corrected chi connectivity index (χ2v) is 6.01. The number of aryl methyl sites for hydroxylation is 2. The number of ether oxygens (including phenoxy) is 1. The fourth-order valence-electron chi connectivity index (χ4n) is 1.79. The smallest absolute Gasteiger partial charge is 0.125 e. The molecule has 0 aliphatic heterocycles. The number of nitrogens with two attached hydrogens (primary N) is 1. The summed E-state index contributed by atoms with van der Waals surface area (Å²) < 4.78 is 5.87. The van der Waals surface area contributed by atoms with Gasteiger partial charge in [-0.1, -0.05) is 20.8 Å². The first-order valence-corrected chi connectivity index (χ1v) is 6.29. The van der Waals surface area contributed by atoms with Crippen LogP contribution in [0, 0.1) is 24.7 Å². The molecule has 0 spiro atoms. The monoisotopic (exact) mass is 248 g/mol. The lowest BCUT2D eigenvalue weighted by atomic mass is 9.93. The maximum Gasteiger partial charge on any atom is 0.125 e. The molecule has 18 heavy (non-hydrogen) atoms. The largest absolute Gasteiger partial charge is 0.493 e. The second kappa shape index (κ2) is 5.42. The lowest BCUT2D eigenvalue weighted by molar-refractivity contribution is 0.241. The summed E-state index contributed by atoms with van der Waals surface area (Å²) >= 11 is 0. The first-order chi connectivity index (χ1) is 8.20. The van der Waals surface area contributed by atoms with Crippen LogP contribution in [-0.4, -0.2) is 12.4 Å². The van der Waals surface area contributed by atoms with Crippen LogP contribution in [0.15, 0.2) is 12.1 Å². The highest BCUT2D eigenvalue weighted by molar-refractivity contribution is 5.95. The van der Waals surface area contributed by atoms with E-state index >= 15 is 0 Å². The van der Waals surface area contributed by atoms with Gasteiger partial charge in [0, 0.05) is 5.56 Å². The molecule has 0 saturated carbocycles. The van der Waals surface area contributed by atoms with Crippen LogP contribution in [0.1, 0.15) is 43.9 Å². The summed E-state index contributed by atoms with van der Waals surface area (Å²) in [6.07, 6.45) is 1.01. The molecular formula is C15H24N2O. The van der Waals surface area contributed by atoms with E-state index in [-0.39, 0.29) is 11.3 Å². The van der Waals surface area contributed by atoms with Gasteiger partial charge in [-0.15, -0.1) is 0 Å². The highest BCUT2D eigenvalue weighted by Gasteiger charge is 2.12. The third-order valence-electron chi connectivity index (χ3n) is 2.87. The maximum absolute atomic E-state index is 7.46. The van der Waals surface area contributed by atoms with E-state index in [0.717, 1.165) is 28.9 Å². The molecule has 1 aromatic carbocycles. The summed E-state index contributed by atoms with van der Waals surface area (Å²) in [5.74, 6) is 1.02. The second-order valence-electron chi connectivity index (χ2n) is 6.01. The van der Waals surface area contributed by atoms with Gasteiger partial charge in [-0.25, -0.2) is 0 Å². The van der Waals surface area contributed by atoms with Crippen LogP contribution in [0.5, 0.6) is 5.75 Å². The van der Waals surface area contributed by atoms with Crippen molar-refractivity contribution in [3.63, 3.8) is 0 Å². The molecule has 0 bridgehead atoms. The highest BCUT2D eigenvalue weighted by atomic mass is 16.5. The van der Waals surface area contributed by atoms with E-state index in [1.807, 2.05) is 26.0 Å². The van der Waals surface area contributed by atoms with Crippen LogP contribution >= 0.6 is 0 Å². The van der Waals surface area contributed by atoms with Crippen molar-refractivity contribution in [1.82, 2.24) is 0 Å². The van der Waals surface area contributed by atoms with Crippen molar-refractivity contribution in [1.29, 1.82) is 5.41 Å². The summed E-state index contributed by atoms with van der Waals surface area (Å²) in [4.78, 5) is 0. The van der Waals surface area contributed by atoms with Crippen LogP contribution in [0.25, 0.3) is 0 Å². The standard InChI is InChI=1S/C15H24N2O/c1-10-8-12(14(16)17)9-11(2)13(10)18-7-6-15(3,4)5/h8-9H,6-7H2,1-5H3,(H3,16,17). The van der Waals surface area contributed by atoms with Crippen molar-refractivity contribution in [3.8, 4) is 5.75 Å². The topological polar surface area (TPSA) is 59.1 Å². The molecule has 0 aliphatic carbocycles. The Hall–Kier alpha value is -1.51. The molecule has 0 saturated heterocycles. The van der Waals surface area contributed by atoms with Crippen LogP contribution in [0.3, 0.4) is 0 Å². The number of nitrogen functional groups attached to an aromatic ring is 1. The van der Waals surface area contributed by atoms with Gasteiger partial charge < -0.3 is 10.5 Å². The van der Waals surface area contributed by atoms with E-state index in [2.05, 4.69) is 20.8 Å². The Bertz CT molecular complexity index is 421. The van der Waals surface area contributed by atoms with Gasteiger partial charge in [-0.05, 0) is 48.9 Å². The first-order valence-electron chi connectivity index (χ1n) is 6.29. The summed E-state index contributed by atoms with van der Waals surface area (Å²) in [7, 11) is 0. The summed E-state index contributed by atoms with van der Waals surface area (Å²) in [6, 6.07) is 3.81. The molecular weight excluding hydrogens is 224 g/mol. The lowest BCUT2D eigenvalue weighted by Crippen LogP contribution is -2.14. The Morgan fingerprint density at radius 2 is 1.72 bits per heavy atom. The summed E-state index contributed by atoms with van der Waals surface area (Å²) in [5, 5.41) is 7.46. The fraction of sp³-hybridized carbons (Fsp3) is 0.533. The van der Waals surface area contributed by atoms with Crippen molar-refractivity contribution in [2.75, 3.05) is 6.61 Å². The molecule has 0 fully saturated rings. The Morgan fingerprint density at radius 3 is 2.11 bits per heavy atom. The molecule has 0 atom stereocenters. The van der Waals surface area contributed by atoms with Gasteiger partial charge in [-0.3, -0.25) is 5.41 Å². The zero-order valence-electron chi connectivity index (χ0n) is 12.1. The third kappa shape index (κ3) is 4.06. The van der Waals surface area contributed by atoms with Gasteiger partial charge in [0.1, 0.15) is 11.6 Å². The molecule has 0 aromatic heterocycles. The van der Waals surface area contributed by atoms with E-state index in [4.69, 9.17) is 15.9 Å². The highest BCUT2D eigenvalue weighted by Crippen LogP contribution is 2.26. The maximum atomic E-state index is 7.46. The van der Waals surface area contributed by atoms with Gasteiger partial charge in [0.25, 0.3) is 0 Å². The number of benzene rings is 1. The van der Waals surface area contributed by atoms with E-state index in [0.29, 0.717) is 6.61 Å². The van der Waals surface area contributed by atoms with Crippen LogP contribution < -0.4 is 10.5 Å². The van der Waals surface area contributed by atoms with Crippen LogP contribution in [0.4, 0.5) is 0 Å². The van der Waals surface area contributed by atoms with Gasteiger partial charge in [0.15, 0.2) is 0 Å². The van der Waals surface area contributed by atoms with Crippen LogP contribution in [0.2, 0.25) is 0 Å². The molecule has 0 unspecified atom stereocenters. The predicted octanol–water partition coefficient (Wildman–Crippen LogP) is 3.40. The Morgan fingerprint density at radius 1 is 1.22 bits per heavy atom. The number of hydrogen-bond donors (Lipinski definition) is 2. The van der Waals surface area contributed by atoms with Crippen molar-refractivity contribution in [3.05, 3.63) is 28.8 Å². The number of rotatable bonds is 4. The SMILES string of the molecule is Cc1cc(C(=N)N)cc(C)c1OCCC(C)(C)C. The average molecular weight is 248 g/mol. The van der Waals surface area contributed by atoms with Crippen molar-refractivity contribution in [2.24, 2.45) is 11.1 Å². The molecule has 1 rings (SSSR count). The molecule has 0 aliphatic rings. The van der Waals surface area contributed by atoms with Crippen molar-refractivity contribution < 1.29 is 4.74 Å². The van der Waals surface area contributed by atoms with Gasteiger partial charge in [0.05, 0.1) is 6.61 Å².